The van der Waals surface area contributed by atoms with E-state index >= 15 is 0 Å². The molecule has 1 aromatic carbocycles. The minimum absolute atomic E-state index is 0.0225. The average molecular weight is 419 g/mol. The molecule has 0 radical (unpaired) electrons. The maximum Gasteiger partial charge on any atom is 0.308 e. The number of hydrogen-bond acceptors (Lipinski definition) is 8. The second-order valence-electron chi connectivity index (χ2n) is 5.74. The lowest BCUT2D eigenvalue weighted by Crippen LogP contribution is -2.33. The first-order chi connectivity index (χ1) is 13.5. The Morgan fingerprint density at radius 3 is 2.82 bits per heavy atom. The lowest BCUT2D eigenvalue weighted by molar-refractivity contribution is -0.132. The van der Waals surface area contributed by atoms with Crippen LogP contribution < -0.4 is 10.1 Å². The van der Waals surface area contributed by atoms with Gasteiger partial charge in [0.1, 0.15) is 5.25 Å². The molecule has 1 aromatic heterocycles. The molecule has 1 aliphatic heterocycles. The highest BCUT2D eigenvalue weighted by Gasteiger charge is 2.38. The molecule has 10 heteroatoms. The van der Waals surface area contributed by atoms with Gasteiger partial charge in [-0.3, -0.25) is 19.3 Å². The third-order valence-corrected chi connectivity index (χ3v) is 5.57. The van der Waals surface area contributed by atoms with Crippen molar-refractivity contribution in [2.45, 2.75) is 25.5 Å². The quantitative estimate of drug-likeness (QED) is 0.572. The van der Waals surface area contributed by atoms with E-state index in [1.807, 2.05) is 12.3 Å². The maximum absolute atomic E-state index is 12.6. The van der Waals surface area contributed by atoms with Gasteiger partial charge in [0.2, 0.25) is 16.9 Å². The van der Waals surface area contributed by atoms with Gasteiger partial charge in [-0.05, 0) is 19.1 Å². The first-order valence-electron chi connectivity index (χ1n) is 8.51. The Balaban J connectivity index is 1.69. The van der Waals surface area contributed by atoms with Crippen LogP contribution in [-0.2, 0) is 14.4 Å². The smallest absolute Gasteiger partial charge is 0.308 e. The Bertz CT molecular complexity index is 914. The van der Waals surface area contributed by atoms with Gasteiger partial charge in [0.25, 0.3) is 0 Å². The van der Waals surface area contributed by atoms with Crippen LogP contribution in [0.3, 0.4) is 0 Å². The molecule has 0 bridgehead atoms. The largest absolute Gasteiger partial charge is 0.424 e. The van der Waals surface area contributed by atoms with E-state index in [9.17, 15) is 14.4 Å². The van der Waals surface area contributed by atoms with Gasteiger partial charge in [0.05, 0.1) is 5.69 Å². The third-order valence-electron chi connectivity index (χ3n) is 3.73. The summed E-state index contributed by atoms with van der Waals surface area (Å²) in [4.78, 5) is 46.4. The van der Waals surface area contributed by atoms with Gasteiger partial charge in [0.15, 0.2) is 10.9 Å². The summed E-state index contributed by atoms with van der Waals surface area (Å²) in [7, 11) is 0. The van der Waals surface area contributed by atoms with Crippen LogP contribution >= 0.6 is 23.1 Å². The van der Waals surface area contributed by atoms with E-state index in [0.717, 1.165) is 0 Å². The molecule has 2 amide bonds. The van der Waals surface area contributed by atoms with Crippen LogP contribution in [0, 0.1) is 0 Å². The van der Waals surface area contributed by atoms with Crippen LogP contribution in [-0.4, -0.2) is 44.6 Å². The molecule has 1 fully saturated rings. The van der Waals surface area contributed by atoms with Crippen molar-refractivity contribution in [1.29, 1.82) is 0 Å². The van der Waals surface area contributed by atoms with Gasteiger partial charge >= 0.3 is 5.97 Å². The molecule has 0 saturated carbocycles. The fourth-order valence-electron chi connectivity index (χ4n) is 2.55. The SMILES string of the molecule is CCN1C(=O)C(CC(=O)Nc2ccccc2OC(C)=O)S/C1=N/c1nccs1. The highest BCUT2D eigenvalue weighted by atomic mass is 32.2. The van der Waals surface area contributed by atoms with Crippen LogP contribution in [0.1, 0.15) is 20.3 Å². The Morgan fingerprint density at radius 2 is 2.14 bits per heavy atom. The monoisotopic (exact) mass is 418 g/mol. The molecule has 1 aliphatic rings. The van der Waals surface area contributed by atoms with Crippen molar-refractivity contribution in [3.8, 4) is 5.75 Å². The number of benzene rings is 1. The van der Waals surface area contributed by atoms with Gasteiger partial charge in [-0.15, -0.1) is 11.3 Å². The van der Waals surface area contributed by atoms with Gasteiger partial charge in [0, 0.05) is 31.5 Å². The number of ether oxygens (including phenoxy) is 1. The second-order valence-corrected chi connectivity index (χ2v) is 7.78. The summed E-state index contributed by atoms with van der Waals surface area (Å²) in [5.74, 6) is -0.733. The molecule has 0 spiro atoms. The molecule has 146 valence electrons. The van der Waals surface area contributed by atoms with Crippen molar-refractivity contribution in [2.75, 3.05) is 11.9 Å². The summed E-state index contributed by atoms with van der Waals surface area (Å²) in [6, 6.07) is 6.64. The van der Waals surface area contributed by atoms with Gasteiger partial charge in [-0.1, -0.05) is 23.9 Å². The van der Waals surface area contributed by atoms with Gasteiger partial charge in [-0.25, -0.2) is 4.98 Å². The van der Waals surface area contributed by atoms with Crippen molar-refractivity contribution in [3.63, 3.8) is 0 Å². The topological polar surface area (TPSA) is 101 Å². The van der Waals surface area contributed by atoms with E-state index in [-0.39, 0.29) is 24.0 Å². The minimum atomic E-state index is -0.570. The van der Waals surface area contributed by atoms with Crippen molar-refractivity contribution < 1.29 is 19.1 Å². The molecule has 2 aromatic rings. The minimum Gasteiger partial charge on any atom is -0.424 e. The number of carbonyl (C=O) groups excluding carboxylic acids is 3. The zero-order valence-corrected chi connectivity index (χ0v) is 16.9. The summed E-state index contributed by atoms with van der Waals surface area (Å²) in [5, 5.41) is 5.05. The third kappa shape index (κ3) is 4.76. The number of carbonyl (C=O) groups is 3. The highest BCUT2D eigenvalue weighted by Crippen LogP contribution is 2.32. The summed E-state index contributed by atoms with van der Waals surface area (Å²) in [5.41, 5.74) is 0.377. The van der Waals surface area contributed by atoms with E-state index in [2.05, 4.69) is 15.3 Å². The maximum atomic E-state index is 12.6. The number of para-hydroxylation sites is 2. The summed E-state index contributed by atoms with van der Waals surface area (Å²) in [6.45, 7) is 3.60. The van der Waals surface area contributed by atoms with E-state index in [1.165, 1.54) is 30.0 Å². The van der Waals surface area contributed by atoms with Crippen LogP contribution in [0.25, 0.3) is 0 Å². The Morgan fingerprint density at radius 1 is 1.36 bits per heavy atom. The number of thioether (sulfide) groups is 1. The molecule has 1 unspecified atom stereocenters. The molecule has 28 heavy (non-hydrogen) atoms. The molecule has 8 nitrogen and oxygen atoms in total. The number of amides is 2. The van der Waals surface area contributed by atoms with E-state index in [1.54, 1.807) is 35.4 Å². The van der Waals surface area contributed by atoms with Crippen molar-refractivity contribution in [3.05, 3.63) is 35.8 Å². The van der Waals surface area contributed by atoms with Gasteiger partial charge in [-0.2, -0.15) is 4.99 Å². The molecule has 1 atom stereocenters. The first-order valence-corrected chi connectivity index (χ1v) is 10.3. The number of aliphatic imine (C=N–C) groups is 1. The van der Waals surface area contributed by atoms with Crippen molar-refractivity contribution in [1.82, 2.24) is 9.88 Å². The molecular weight excluding hydrogens is 400 g/mol. The lowest BCUT2D eigenvalue weighted by Gasteiger charge is -2.13. The van der Waals surface area contributed by atoms with Crippen LogP contribution in [0.15, 0.2) is 40.8 Å². The average Bonchev–Trinajstić information content (AvgIpc) is 3.25. The highest BCUT2D eigenvalue weighted by molar-refractivity contribution is 8.15. The molecule has 0 aliphatic carbocycles. The Labute approximate surface area is 170 Å². The predicted octanol–water partition coefficient (Wildman–Crippen LogP) is 3.05. The normalized spacial score (nSPS) is 17.8. The first kappa shape index (κ1) is 20.0. The zero-order valence-electron chi connectivity index (χ0n) is 15.2. The molecular formula is C18H18N4O4S2. The Kier molecular flexibility index (Phi) is 6.42. The summed E-state index contributed by atoms with van der Waals surface area (Å²) >= 11 is 2.63. The zero-order chi connectivity index (χ0) is 20.1. The van der Waals surface area contributed by atoms with Crippen LogP contribution in [0.4, 0.5) is 10.8 Å². The van der Waals surface area contributed by atoms with Crippen LogP contribution in [0.5, 0.6) is 5.75 Å². The fraction of sp³-hybridized carbons (Fsp3) is 0.278. The number of esters is 1. The summed E-state index contributed by atoms with van der Waals surface area (Å²) < 4.78 is 5.09. The van der Waals surface area contributed by atoms with Crippen LogP contribution in [0.2, 0.25) is 0 Å². The molecule has 1 N–H and O–H groups in total. The predicted molar refractivity (Wildman–Crippen MR) is 109 cm³/mol. The molecule has 2 heterocycles. The van der Waals surface area contributed by atoms with Crippen molar-refractivity contribution in [2.24, 2.45) is 4.99 Å². The fourth-order valence-corrected chi connectivity index (χ4v) is 4.32. The molecule has 3 rings (SSSR count). The summed E-state index contributed by atoms with van der Waals surface area (Å²) in [6.07, 6.45) is 1.62. The number of nitrogens with one attached hydrogen (secondary N) is 1. The standard InChI is InChI=1S/C18H18N4O4S2/c1-3-22-16(25)14(28-18(22)21-17-19-8-9-27-17)10-15(24)20-12-6-4-5-7-13(12)26-11(2)23/h4-9,14H,3,10H2,1-2H3,(H,20,24)/b21-18+. The number of nitrogens with zero attached hydrogens (tertiary/aromatic N) is 3. The number of thiazole rings is 1. The Hall–Kier alpha value is -2.72. The van der Waals surface area contributed by atoms with E-state index in [0.29, 0.717) is 22.5 Å². The second kappa shape index (κ2) is 8.98. The number of amidine groups is 1. The number of hydrogen-bond donors (Lipinski definition) is 1. The van der Waals surface area contributed by atoms with Crippen molar-refractivity contribution >= 4 is 56.9 Å². The number of aromatic nitrogens is 1. The van der Waals surface area contributed by atoms with E-state index < -0.39 is 11.2 Å². The molecule has 1 saturated heterocycles. The lowest BCUT2D eigenvalue weighted by atomic mass is 10.2. The van der Waals surface area contributed by atoms with E-state index in [4.69, 9.17) is 4.74 Å². The van der Waals surface area contributed by atoms with Gasteiger partial charge < -0.3 is 10.1 Å². The number of anilines is 1. The number of rotatable bonds is 6.